The van der Waals surface area contributed by atoms with Crippen LogP contribution < -0.4 is 10.1 Å². The number of alkyl halides is 3. The van der Waals surface area contributed by atoms with Gasteiger partial charge in [-0.3, -0.25) is 4.98 Å². The van der Waals surface area contributed by atoms with Crippen molar-refractivity contribution in [1.82, 2.24) is 24.7 Å². The third-order valence-corrected chi connectivity index (χ3v) is 5.77. The van der Waals surface area contributed by atoms with E-state index in [0.29, 0.717) is 46.1 Å². The molecule has 0 spiro atoms. The molecule has 0 aliphatic heterocycles. The lowest BCUT2D eigenvalue weighted by Crippen LogP contribution is -2.09. The van der Waals surface area contributed by atoms with Crippen molar-refractivity contribution in [2.45, 2.75) is 19.5 Å². The van der Waals surface area contributed by atoms with Crippen LogP contribution in [0.5, 0.6) is 6.01 Å². The molecule has 0 radical (unpaired) electrons. The molecular weight excluding hydrogens is 469 g/mol. The quantitative estimate of drug-likeness (QED) is 0.358. The molecule has 5 rings (SSSR count). The average Bonchev–Trinajstić information content (AvgIpc) is 3.44. The molecule has 11 heteroatoms. The highest BCUT2D eigenvalue weighted by atomic mass is 35.5. The first-order valence-corrected chi connectivity index (χ1v) is 10.8. The average molecular weight is 487 g/mol. The molecule has 34 heavy (non-hydrogen) atoms. The number of hydrogen-bond acceptors (Lipinski definition) is 6. The van der Waals surface area contributed by atoms with Crippen LogP contribution >= 0.6 is 11.6 Å². The molecule has 1 aliphatic rings. The van der Waals surface area contributed by atoms with Crippen LogP contribution in [0.4, 0.5) is 18.9 Å². The van der Waals surface area contributed by atoms with E-state index in [1.165, 1.54) is 30.4 Å². The number of anilines is 1. The van der Waals surface area contributed by atoms with Gasteiger partial charge in [0.05, 0.1) is 18.5 Å². The Morgan fingerprint density at radius 2 is 1.88 bits per heavy atom. The number of methoxy groups -OCH3 is 1. The largest absolute Gasteiger partial charge is 0.467 e. The zero-order valence-corrected chi connectivity index (χ0v) is 18.9. The maximum absolute atomic E-state index is 13.4. The van der Waals surface area contributed by atoms with Crippen molar-refractivity contribution in [1.29, 1.82) is 0 Å². The Balaban J connectivity index is 1.79. The van der Waals surface area contributed by atoms with E-state index in [-0.39, 0.29) is 6.01 Å². The molecule has 1 aromatic carbocycles. The molecule has 0 saturated carbocycles. The van der Waals surface area contributed by atoms with E-state index in [4.69, 9.17) is 16.3 Å². The minimum Gasteiger partial charge on any atom is -0.467 e. The zero-order valence-electron chi connectivity index (χ0n) is 18.1. The zero-order chi connectivity index (χ0) is 24.0. The predicted octanol–water partition coefficient (Wildman–Crippen LogP) is 5.41. The molecule has 174 valence electrons. The number of halogens is 4. The van der Waals surface area contributed by atoms with Crippen molar-refractivity contribution in [2.24, 2.45) is 0 Å². The summed E-state index contributed by atoms with van der Waals surface area (Å²) in [5.74, 6) is 0. The van der Waals surface area contributed by atoms with Gasteiger partial charge >= 0.3 is 12.2 Å². The lowest BCUT2D eigenvalue weighted by atomic mass is 9.99. The van der Waals surface area contributed by atoms with Crippen LogP contribution in [0.3, 0.4) is 0 Å². The molecule has 4 aromatic rings. The second-order valence-corrected chi connectivity index (χ2v) is 8.07. The van der Waals surface area contributed by atoms with Crippen molar-refractivity contribution in [2.75, 3.05) is 19.0 Å². The van der Waals surface area contributed by atoms with Crippen LogP contribution in [0.1, 0.15) is 23.9 Å². The fourth-order valence-electron chi connectivity index (χ4n) is 4.13. The van der Waals surface area contributed by atoms with Crippen LogP contribution in [-0.4, -0.2) is 38.4 Å². The summed E-state index contributed by atoms with van der Waals surface area (Å²) < 4.78 is 46.4. The van der Waals surface area contributed by atoms with Gasteiger partial charge in [0.15, 0.2) is 5.69 Å². The van der Waals surface area contributed by atoms with Crippen LogP contribution in [0.2, 0.25) is 5.02 Å². The number of nitrogens with one attached hydrogen (secondary N) is 1. The Kier molecular flexibility index (Phi) is 5.40. The number of hydrogen-bond donors (Lipinski definition) is 1. The molecule has 0 fully saturated rings. The Labute approximate surface area is 197 Å². The van der Waals surface area contributed by atoms with Crippen molar-refractivity contribution in [3.8, 4) is 34.0 Å². The fourth-order valence-corrected chi connectivity index (χ4v) is 4.35. The number of ether oxygens (including phenoxy) is 1. The number of benzene rings is 1. The van der Waals surface area contributed by atoms with Gasteiger partial charge in [-0.2, -0.15) is 18.3 Å². The van der Waals surface area contributed by atoms with Gasteiger partial charge in [-0.05, 0) is 36.2 Å². The van der Waals surface area contributed by atoms with Gasteiger partial charge in [-0.25, -0.2) is 14.6 Å². The highest BCUT2D eigenvalue weighted by Crippen LogP contribution is 2.47. The van der Waals surface area contributed by atoms with E-state index in [1.54, 1.807) is 12.3 Å². The summed E-state index contributed by atoms with van der Waals surface area (Å²) in [6.45, 7) is 2.66. The smallest absolute Gasteiger partial charge is 0.435 e. The number of pyridine rings is 1. The molecule has 1 aliphatic carbocycles. The molecule has 3 aromatic heterocycles. The van der Waals surface area contributed by atoms with Crippen LogP contribution in [0, 0.1) is 0 Å². The fraction of sp³-hybridized carbons (Fsp3) is 0.217. The summed E-state index contributed by atoms with van der Waals surface area (Å²) in [4.78, 5) is 12.9. The first-order chi connectivity index (χ1) is 16.3. The van der Waals surface area contributed by atoms with Crippen LogP contribution in [0.25, 0.3) is 27.9 Å². The topological polar surface area (TPSA) is 77.8 Å². The van der Waals surface area contributed by atoms with E-state index in [0.717, 1.165) is 22.9 Å². The van der Waals surface area contributed by atoms with Gasteiger partial charge in [0.2, 0.25) is 0 Å². The van der Waals surface area contributed by atoms with Gasteiger partial charge in [0.1, 0.15) is 0 Å². The second-order valence-electron chi connectivity index (χ2n) is 7.63. The molecule has 1 N–H and O–H groups in total. The number of fused-ring (bicyclic) bond motifs is 3. The van der Waals surface area contributed by atoms with Crippen LogP contribution in [-0.2, 0) is 12.6 Å². The van der Waals surface area contributed by atoms with Crippen molar-refractivity contribution in [3.05, 3.63) is 65.0 Å². The number of nitrogens with zero attached hydrogens (tertiary/aromatic N) is 5. The van der Waals surface area contributed by atoms with Crippen molar-refractivity contribution < 1.29 is 17.9 Å². The molecular formula is C23H18ClF3N6O. The lowest BCUT2D eigenvalue weighted by Gasteiger charge is -2.16. The Bertz CT molecular complexity index is 1380. The minimum atomic E-state index is -4.58. The molecule has 7 nitrogen and oxygen atoms in total. The minimum absolute atomic E-state index is 0.172. The Morgan fingerprint density at radius 1 is 1.12 bits per heavy atom. The summed E-state index contributed by atoms with van der Waals surface area (Å²) in [5.41, 5.74) is 4.54. The SMILES string of the molecule is CCNc1cc(Cl)cc2c1Cc1ncc(-c3cnc(OC)nc3)c(-n3ccc(C(F)(F)F)n3)c1-2. The van der Waals surface area contributed by atoms with Gasteiger partial charge < -0.3 is 10.1 Å². The maximum Gasteiger partial charge on any atom is 0.435 e. The van der Waals surface area contributed by atoms with Crippen molar-refractivity contribution >= 4 is 17.3 Å². The highest BCUT2D eigenvalue weighted by Gasteiger charge is 2.35. The summed E-state index contributed by atoms with van der Waals surface area (Å²) in [5, 5.41) is 7.66. The molecule has 0 saturated heterocycles. The van der Waals surface area contributed by atoms with Crippen LogP contribution in [0.15, 0.2) is 43.0 Å². The van der Waals surface area contributed by atoms with E-state index >= 15 is 0 Å². The molecule has 0 unspecified atom stereocenters. The van der Waals surface area contributed by atoms with Gasteiger partial charge in [-0.1, -0.05) is 11.6 Å². The lowest BCUT2D eigenvalue weighted by molar-refractivity contribution is -0.141. The normalized spacial score (nSPS) is 12.4. The van der Waals surface area contributed by atoms with Gasteiger partial charge in [-0.15, -0.1) is 0 Å². The predicted molar refractivity (Wildman–Crippen MR) is 121 cm³/mol. The summed E-state index contributed by atoms with van der Waals surface area (Å²) >= 11 is 6.42. The molecule has 0 atom stereocenters. The number of aromatic nitrogens is 5. The van der Waals surface area contributed by atoms with E-state index < -0.39 is 11.9 Å². The first kappa shape index (κ1) is 22.1. The Morgan fingerprint density at radius 3 is 2.53 bits per heavy atom. The number of rotatable bonds is 5. The molecule has 0 bridgehead atoms. The van der Waals surface area contributed by atoms with E-state index in [9.17, 15) is 13.2 Å². The standard InChI is InChI=1S/C23H18ClF3N6O/c1-3-28-17-7-13(24)6-15-14(17)8-18-20(15)21(33-5-4-19(32-33)23(25,26)27)16(11-29-18)12-9-30-22(34-2)31-10-12/h4-7,9-11,28H,3,8H2,1-2H3. The molecule has 0 amide bonds. The Hall–Kier alpha value is -3.66. The monoisotopic (exact) mass is 486 g/mol. The highest BCUT2D eigenvalue weighted by molar-refractivity contribution is 6.31. The van der Waals surface area contributed by atoms with Gasteiger partial charge in [0, 0.05) is 65.2 Å². The molecule has 3 heterocycles. The third kappa shape index (κ3) is 3.73. The van der Waals surface area contributed by atoms with E-state index in [1.807, 2.05) is 13.0 Å². The van der Waals surface area contributed by atoms with E-state index in [2.05, 4.69) is 25.4 Å². The third-order valence-electron chi connectivity index (χ3n) is 5.56. The van der Waals surface area contributed by atoms with Gasteiger partial charge in [0.25, 0.3) is 0 Å². The second kappa shape index (κ2) is 8.28. The maximum atomic E-state index is 13.4. The first-order valence-electron chi connectivity index (χ1n) is 10.4. The van der Waals surface area contributed by atoms with Crippen molar-refractivity contribution in [3.63, 3.8) is 0 Å². The summed E-state index contributed by atoms with van der Waals surface area (Å²) in [7, 11) is 1.45. The summed E-state index contributed by atoms with van der Waals surface area (Å²) in [6, 6.07) is 4.75. The summed E-state index contributed by atoms with van der Waals surface area (Å²) in [6.07, 6.45) is 1.89.